The van der Waals surface area contributed by atoms with Gasteiger partial charge in [0.25, 0.3) is 0 Å². The highest BCUT2D eigenvalue weighted by atomic mass is 32.2. The van der Waals surface area contributed by atoms with Crippen LogP contribution in [0.15, 0.2) is 63.8 Å². The third-order valence-corrected chi connectivity index (χ3v) is 8.03. The van der Waals surface area contributed by atoms with Gasteiger partial charge in [-0.05, 0) is 42.0 Å². The van der Waals surface area contributed by atoms with Gasteiger partial charge in [0.05, 0.1) is 30.0 Å². The van der Waals surface area contributed by atoms with Crippen LogP contribution in [0, 0.1) is 0 Å². The highest BCUT2D eigenvalue weighted by Gasteiger charge is 2.21. The highest BCUT2D eigenvalue weighted by Crippen LogP contribution is 2.24. The summed E-state index contributed by atoms with van der Waals surface area (Å²) in [4.78, 5) is 5.92. The summed E-state index contributed by atoms with van der Waals surface area (Å²) in [6.07, 6.45) is 0. The number of ether oxygens (including phenoxy) is 2. The van der Waals surface area contributed by atoms with Crippen molar-refractivity contribution in [1.29, 1.82) is 0 Å². The molecule has 172 valence electrons. The van der Waals surface area contributed by atoms with Gasteiger partial charge in [-0.2, -0.15) is 4.31 Å². The van der Waals surface area contributed by atoms with E-state index in [1.807, 2.05) is 55.6 Å². The molecule has 0 atom stereocenters. The Morgan fingerprint density at radius 1 is 1.00 bits per heavy atom. The molecular weight excluding hydrogens is 446 g/mol. The zero-order chi connectivity index (χ0) is 23.1. The predicted octanol–water partition coefficient (Wildman–Crippen LogP) is 4.13. The first-order chi connectivity index (χ1) is 15.4. The van der Waals surface area contributed by atoms with E-state index in [2.05, 4.69) is 4.57 Å². The van der Waals surface area contributed by atoms with Crippen LogP contribution < -0.4 is 9.54 Å². The molecule has 0 bridgehead atoms. The Kier molecular flexibility index (Phi) is 8.25. The molecule has 2 aromatic carbocycles. The van der Waals surface area contributed by atoms with Gasteiger partial charge in [-0.15, -0.1) is 11.3 Å². The van der Waals surface area contributed by atoms with Gasteiger partial charge in [-0.1, -0.05) is 26.0 Å². The standard InChI is InChI=1S/C23H29N3O4S2/c1-5-25(6-2)32(27,28)21-13-7-18(8-14-21)22-17-31-23(26(22)15-16-29-3)24-19-9-11-20(30-4)12-10-19/h7-14,17H,5-6,15-16H2,1-4H3. The van der Waals surface area contributed by atoms with Crippen LogP contribution in [0.3, 0.4) is 0 Å². The van der Waals surface area contributed by atoms with Crippen LogP contribution in [0.4, 0.5) is 5.69 Å². The van der Waals surface area contributed by atoms with Crippen LogP contribution in [0.1, 0.15) is 13.8 Å². The van der Waals surface area contributed by atoms with E-state index in [1.54, 1.807) is 26.4 Å². The fraction of sp³-hybridized carbons (Fsp3) is 0.348. The molecule has 3 rings (SSSR count). The SMILES string of the molecule is CCN(CC)S(=O)(=O)c1ccc(-c2csc(=Nc3ccc(OC)cc3)n2CCOC)cc1. The zero-order valence-corrected chi connectivity index (χ0v) is 20.4. The second-order valence-electron chi connectivity index (χ2n) is 6.97. The lowest BCUT2D eigenvalue weighted by molar-refractivity contribution is 0.187. The Labute approximate surface area is 193 Å². The Morgan fingerprint density at radius 2 is 1.66 bits per heavy atom. The molecule has 1 heterocycles. The maximum absolute atomic E-state index is 12.8. The van der Waals surface area contributed by atoms with E-state index in [1.165, 1.54) is 15.6 Å². The molecule has 0 saturated carbocycles. The number of hydrogen-bond acceptors (Lipinski definition) is 6. The lowest BCUT2D eigenvalue weighted by Gasteiger charge is -2.18. The Hall–Kier alpha value is -2.46. The van der Waals surface area contributed by atoms with Crippen LogP contribution in [-0.2, 0) is 21.3 Å². The fourth-order valence-corrected chi connectivity index (χ4v) is 5.74. The maximum atomic E-state index is 12.8. The van der Waals surface area contributed by atoms with Crippen molar-refractivity contribution < 1.29 is 17.9 Å². The summed E-state index contributed by atoms with van der Waals surface area (Å²) in [5, 5.41) is 2.03. The maximum Gasteiger partial charge on any atom is 0.243 e. The monoisotopic (exact) mass is 475 g/mol. The number of thiazole rings is 1. The molecule has 0 fully saturated rings. The van der Waals surface area contributed by atoms with Crippen LogP contribution in [0.25, 0.3) is 11.3 Å². The van der Waals surface area contributed by atoms with Crippen molar-refractivity contribution in [2.75, 3.05) is 33.9 Å². The van der Waals surface area contributed by atoms with E-state index in [4.69, 9.17) is 14.5 Å². The van der Waals surface area contributed by atoms with Gasteiger partial charge in [-0.3, -0.25) is 0 Å². The second kappa shape index (κ2) is 10.9. The number of hydrogen-bond donors (Lipinski definition) is 0. The topological polar surface area (TPSA) is 73.1 Å². The van der Waals surface area contributed by atoms with Crippen LogP contribution in [0.2, 0.25) is 0 Å². The second-order valence-corrected chi connectivity index (χ2v) is 9.75. The molecule has 0 spiro atoms. The summed E-state index contributed by atoms with van der Waals surface area (Å²) in [5.41, 5.74) is 2.71. The molecule has 0 radical (unpaired) electrons. The molecular formula is C23H29N3O4S2. The predicted molar refractivity (Wildman–Crippen MR) is 128 cm³/mol. The van der Waals surface area contributed by atoms with E-state index in [0.29, 0.717) is 31.1 Å². The summed E-state index contributed by atoms with van der Waals surface area (Å²) in [6.45, 7) is 5.73. The number of nitrogens with zero attached hydrogens (tertiary/aromatic N) is 3. The summed E-state index contributed by atoms with van der Waals surface area (Å²) >= 11 is 1.53. The van der Waals surface area contributed by atoms with E-state index < -0.39 is 10.0 Å². The first-order valence-electron chi connectivity index (χ1n) is 10.4. The van der Waals surface area contributed by atoms with Crippen LogP contribution in [0.5, 0.6) is 5.75 Å². The zero-order valence-electron chi connectivity index (χ0n) is 18.8. The van der Waals surface area contributed by atoms with E-state index in [-0.39, 0.29) is 0 Å². The van der Waals surface area contributed by atoms with Gasteiger partial charge in [0.15, 0.2) is 4.80 Å². The Balaban J connectivity index is 1.99. The third kappa shape index (κ3) is 5.29. The van der Waals surface area contributed by atoms with E-state index in [9.17, 15) is 8.42 Å². The number of rotatable bonds is 10. The number of aromatic nitrogens is 1. The van der Waals surface area contributed by atoms with Gasteiger partial charge in [0.2, 0.25) is 10.0 Å². The molecule has 0 saturated heterocycles. The van der Waals surface area contributed by atoms with Crippen molar-refractivity contribution in [2.24, 2.45) is 4.99 Å². The van der Waals surface area contributed by atoms with Crippen molar-refractivity contribution >= 4 is 27.0 Å². The molecule has 0 amide bonds. The van der Waals surface area contributed by atoms with Crippen molar-refractivity contribution in [3.8, 4) is 17.0 Å². The third-order valence-electron chi connectivity index (χ3n) is 5.11. The van der Waals surface area contributed by atoms with E-state index in [0.717, 1.165) is 27.5 Å². The van der Waals surface area contributed by atoms with Gasteiger partial charge >= 0.3 is 0 Å². The lowest BCUT2D eigenvalue weighted by Crippen LogP contribution is -2.30. The van der Waals surface area contributed by atoms with Gasteiger partial charge in [0, 0.05) is 32.1 Å². The number of sulfonamides is 1. The largest absolute Gasteiger partial charge is 0.497 e. The quantitative estimate of drug-likeness (QED) is 0.442. The highest BCUT2D eigenvalue weighted by molar-refractivity contribution is 7.89. The average molecular weight is 476 g/mol. The van der Waals surface area contributed by atoms with Crippen LogP contribution >= 0.6 is 11.3 Å². The molecule has 0 aliphatic rings. The molecule has 3 aromatic rings. The average Bonchev–Trinajstić information content (AvgIpc) is 3.21. The number of benzene rings is 2. The first kappa shape index (κ1) is 24.2. The Bertz CT molecular complexity index is 1180. The minimum Gasteiger partial charge on any atom is -0.497 e. The molecule has 0 aliphatic carbocycles. The van der Waals surface area contributed by atoms with Gasteiger partial charge < -0.3 is 14.0 Å². The molecule has 0 N–H and O–H groups in total. The van der Waals surface area contributed by atoms with Crippen LogP contribution in [-0.4, -0.2) is 51.2 Å². The van der Waals surface area contributed by atoms with Crippen molar-refractivity contribution in [3.63, 3.8) is 0 Å². The Morgan fingerprint density at radius 3 is 2.22 bits per heavy atom. The minimum absolute atomic E-state index is 0.298. The minimum atomic E-state index is -3.49. The van der Waals surface area contributed by atoms with Crippen molar-refractivity contribution in [2.45, 2.75) is 25.3 Å². The number of methoxy groups -OCH3 is 2. The molecule has 7 nitrogen and oxygen atoms in total. The molecule has 0 unspecified atom stereocenters. The van der Waals surface area contributed by atoms with Gasteiger partial charge in [-0.25, -0.2) is 13.4 Å². The summed E-state index contributed by atoms with van der Waals surface area (Å²) in [6, 6.07) is 14.6. The molecule has 0 aliphatic heterocycles. The van der Waals surface area contributed by atoms with Crippen molar-refractivity contribution in [3.05, 3.63) is 58.7 Å². The lowest BCUT2D eigenvalue weighted by atomic mass is 10.2. The summed E-state index contributed by atoms with van der Waals surface area (Å²) < 4.78 is 39.6. The molecule has 1 aromatic heterocycles. The summed E-state index contributed by atoms with van der Waals surface area (Å²) in [5.74, 6) is 0.780. The van der Waals surface area contributed by atoms with Gasteiger partial charge in [0.1, 0.15) is 5.75 Å². The normalized spacial score (nSPS) is 12.5. The van der Waals surface area contributed by atoms with Crippen molar-refractivity contribution in [1.82, 2.24) is 8.87 Å². The smallest absolute Gasteiger partial charge is 0.243 e. The fourth-order valence-electron chi connectivity index (χ4n) is 3.33. The molecule has 32 heavy (non-hydrogen) atoms. The summed E-state index contributed by atoms with van der Waals surface area (Å²) in [7, 11) is -0.185. The van der Waals surface area contributed by atoms with E-state index >= 15 is 0 Å². The first-order valence-corrected chi connectivity index (χ1v) is 12.7. The molecule has 9 heteroatoms.